The molecular formula is C25H37N7O3. The van der Waals surface area contributed by atoms with Gasteiger partial charge in [0.25, 0.3) is 5.91 Å². The molecule has 1 fully saturated rings. The van der Waals surface area contributed by atoms with E-state index >= 15 is 0 Å². The maximum atomic E-state index is 12.3. The number of alkyl carbamates (subject to hydrolysis) is 1. The predicted octanol–water partition coefficient (Wildman–Crippen LogP) is 4.39. The highest BCUT2D eigenvalue weighted by Crippen LogP contribution is 2.26. The molecule has 2 aromatic rings. The average molecular weight is 484 g/mol. The molecule has 1 aliphatic carbocycles. The molecule has 1 saturated carbocycles. The fourth-order valence-electron chi connectivity index (χ4n) is 4.06. The van der Waals surface area contributed by atoms with Gasteiger partial charge in [-0.05, 0) is 64.2 Å². The van der Waals surface area contributed by atoms with Crippen LogP contribution in [-0.4, -0.2) is 44.9 Å². The second-order valence-corrected chi connectivity index (χ2v) is 10.4. The summed E-state index contributed by atoms with van der Waals surface area (Å²) in [7, 11) is 0. The molecular weight excluding hydrogens is 446 g/mol. The lowest BCUT2D eigenvalue weighted by Crippen LogP contribution is -2.49. The number of nitrogens with one attached hydrogen (secondary N) is 3. The Hall–Kier alpha value is -3.43. The molecule has 0 bridgehead atoms. The van der Waals surface area contributed by atoms with Gasteiger partial charge in [-0.25, -0.2) is 9.78 Å². The zero-order valence-electron chi connectivity index (χ0n) is 21.4. The van der Waals surface area contributed by atoms with Gasteiger partial charge in [0.15, 0.2) is 11.5 Å². The van der Waals surface area contributed by atoms with Crippen LogP contribution in [0.2, 0.25) is 0 Å². The summed E-state index contributed by atoms with van der Waals surface area (Å²) < 4.78 is 5.43. The van der Waals surface area contributed by atoms with E-state index in [-0.39, 0.29) is 23.7 Å². The van der Waals surface area contributed by atoms with Gasteiger partial charge < -0.3 is 26.4 Å². The van der Waals surface area contributed by atoms with Gasteiger partial charge in [-0.15, -0.1) is 10.2 Å². The van der Waals surface area contributed by atoms with Gasteiger partial charge in [0, 0.05) is 17.8 Å². The van der Waals surface area contributed by atoms with E-state index in [0.717, 1.165) is 36.9 Å². The van der Waals surface area contributed by atoms with E-state index in [0.29, 0.717) is 17.3 Å². The standard InChI is InChI=1S/C25H37N7O3/c1-14(2)18-11-15(3)12-20(28-18)29-19-13-21(31-32-22(19)23(26)33)27-16-9-7-8-10-17(16)30-24(34)35-25(4,5)6/h11-14,16-17H,7-10H2,1-6H3,(H2,26,33)(H,30,34)(H2,27,28,29,31)/t16-,17+/m1/s1. The Bertz CT molecular complexity index is 1070. The molecule has 0 unspecified atom stereocenters. The van der Waals surface area contributed by atoms with Crippen molar-refractivity contribution < 1.29 is 14.3 Å². The van der Waals surface area contributed by atoms with Crippen molar-refractivity contribution in [2.75, 3.05) is 10.6 Å². The molecule has 5 N–H and O–H groups in total. The molecule has 0 radical (unpaired) electrons. The second-order valence-electron chi connectivity index (χ2n) is 10.4. The fourth-order valence-corrected chi connectivity index (χ4v) is 4.06. The number of carbonyl (C=O) groups is 2. The highest BCUT2D eigenvalue weighted by Gasteiger charge is 2.29. The second kappa shape index (κ2) is 10.9. The monoisotopic (exact) mass is 483 g/mol. The molecule has 35 heavy (non-hydrogen) atoms. The molecule has 10 heteroatoms. The van der Waals surface area contributed by atoms with Crippen LogP contribution in [0.1, 0.15) is 88.0 Å². The third-order valence-electron chi connectivity index (χ3n) is 5.67. The predicted molar refractivity (Wildman–Crippen MR) is 136 cm³/mol. The first kappa shape index (κ1) is 26.2. The van der Waals surface area contributed by atoms with Crippen molar-refractivity contribution in [1.29, 1.82) is 0 Å². The maximum absolute atomic E-state index is 12.3. The van der Waals surface area contributed by atoms with E-state index in [9.17, 15) is 9.59 Å². The van der Waals surface area contributed by atoms with E-state index in [1.54, 1.807) is 6.07 Å². The summed E-state index contributed by atoms with van der Waals surface area (Å²) in [6.45, 7) is 11.6. The minimum Gasteiger partial charge on any atom is -0.444 e. The van der Waals surface area contributed by atoms with Gasteiger partial charge in [-0.1, -0.05) is 26.7 Å². The van der Waals surface area contributed by atoms with E-state index in [1.807, 2.05) is 39.8 Å². The van der Waals surface area contributed by atoms with Crippen LogP contribution in [-0.2, 0) is 4.74 Å². The minimum atomic E-state index is -0.689. The van der Waals surface area contributed by atoms with Crippen LogP contribution in [0.4, 0.5) is 22.1 Å². The van der Waals surface area contributed by atoms with Crippen molar-refractivity contribution in [3.8, 4) is 0 Å². The summed E-state index contributed by atoms with van der Waals surface area (Å²) in [6.07, 6.45) is 3.25. The van der Waals surface area contributed by atoms with E-state index in [2.05, 4.69) is 45.0 Å². The molecule has 3 rings (SSSR count). The normalized spacial score (nSPS) is 18.1. The maximum Gasteiger partial charge on any atom is 0.407 e. The molecule has 2 atom stereocenters. The van der Waals surface area contributed by atoms with Gasteiger partial charge in [0.05, 0.1) is 11.7 Å². The van der Waals surface area contributed by atoms with Crippen molar-refractivity contribution in [1.82, 2.24) is 20.5 Å². The largest absolute Gasteiger partial charge is 0.444 e. The summed E-state index contributed by atoms with van der Waals surface area (Å²) in [5, 5.41) is 17.8. The zero-order valence-corrected chi connectivity index (χ0v) is 21.4. The van der Waals surface area contributed by atoms with Gasteiger partial charge in [0.1, 0.15) is 11.4 Å². The Morgan fingerprint density at radius 3 is 2.37 bits per heavy atom. The van der Waals surface area contributed by atoms with Crippen molar-refractivity contribution in [3.05, 3.63) is 35.2 Å². The lowest BCUT2D eigenvalue weighted by atomic mass is 9.90. The Morgan fingerprint density at radius 1 is 1.06 bits per heavy atom. The van der Waals surface area contributed by atoms with Gasteiger partial charge in [0.2, 0.25) is 0 Å². The summed E-state index contributed by atoms with van der Waals surface area (Å²) in [5.41, 5.74) is 7.40. The van der Waals surface area contributed by atoms with Crippen LogP contribution < -0.4 is 21.7 Å². The molecule has 0 saturated heterocycles. The number of pyridine rings is 1. The molecule has 0 aromatic carbocycles. The van der Waals surface area contributed by atoms with E-state index < -0.39 is 17.6 Å². The topological polar surface area (TPSA) is 144 Å². The molecule has 0 spiro atoms. The van der Waals surface area contributed by atoms with Crippen molar-refractivity contribution in [3.63, 3.8) is 0 Å². The number of hydrogen-bond donors (Lipinski definition) is 4. The van der Waals surface area contributed by atoms with Crippen LogP contribution in [0.25, 0.3) is 0 Å². The van der Waals surface area contributed by atoms with Gasteiger partial charge >= 0.3 is 6.09 Å². The quantitative estimate of drug-likeness (QED) is 0.454. The lowest BCUT2D eigenvalue weighted by Gasteiger charge is -2.33. The van der Waals surface area contributed by atoms with Crippen molar-refractivity contribution in [2.45, 2.75) is 90.8 Å². The fraction of sp³-hybridized carbons (Fsp3) is 0.560. The molecule has 1 aliphatic rings. The number of amides is 2. The molecule has 2 aromatic heterocycles. The summed E-state index contributed by atoms with van der Waals surface area (Å²) in [5.74, 6) is 0.624. The number of rotatable bonds is 7. The first-order chi connectivity index (χ1) is 16.4. The van der Waals surface area contributed by atoms with E-state index in [4.69, 9.17) is 10.5 Å². The number of primary amides is 1. The number of hydrogen-bond acceptors (Lipinski definition) is 8. The first-order valence-corrected chi connectivity index (χ1v) is 12.1. The van der Waals surface area contributed by atoms with Gasteiger partial charge in [-0.2, -0.15) is 0 Å². The summed E-state index contributed by atoms with van der Waals surface area (Å²) >= 11 is 0. The van der Waals surface area contributed by atoms with Crippen LogP contribution in [0.3, 0.4) is 0 Å². The molecule has 0 aliphatic heterocycles. The van der Waals surface area contributed by atoms with Crippen molar-refractivity contribution >= 4 is 29.3 Å². The molecule has 190 valence electrons. The van der Waals surface area contributed by atoms with Crippen LogP contribution in [0.15, 0.2) is 18.2 Å². The number of ether oxygens (including phenoxy) is 1. The SMILES string of the molecule is Cc1cc(Nc2cc(N[C@@H]3CCCC[C@@H]3NC(=O)OC(C)(C)C)nnc2C(N)=O)nc(C(C)C)c1. The number of nitrogens with two attached hydrogens (primary N) is 1. The van der Waals surface area contributed by atoms with Crippen LogP contribution >= 0.6 is 0 Å². The zero-order chi connectivity index (χ0) is 25.8. The number of aromatic nitrogens is 3. The minimum absolute atomic E-state index is 0.0250. The molecule has 10 nitrogen and oxygen atoms in total. The third kappa shape index (κ3) is 7.53. The Labute approximate surface area is 206 Å². The Balaban J connectivity index is 1.82. The molecule has 2 amide bonds. The van der Waals surface area contributed by atoms with Crippen molar-refractivity contribution in [2.24, 2.45) is 5.73 Å². The van der Waals surface area contributed by atoms with Crippen LogP contribution in [0, 0.1) is 6.92 Å². The smallest absolute Gasteiger partial charge is 0.407 e. The lowest BCUT2D eigenvalue weighted by molar-refractivity contribution is 0.0488. The number of nitrogens with zero attached hydrogens (tertiary/aromatic N) is 3. The van der Waals surface area contributed by atoms with Crippen LogP contribution in [0.5, 0.6) is 0 Å². The Kier molecular flexibility index (Phi) is 8.14. The third-order valence-corrected chi connectivity index (χ3v) is 5.67. The highest BCUT2D eigenvalue weighted by atomic mass is 16.6. The van der Waals surface area contributed by atoms with Gasteiger partial charge in [-0.3, -0.25) is 4.79 Å². The Morgan fingerprint density at radius 2 is 1.74 bits per heavy atom. The summed E-state index contributed by atoms with van der Waals surface area (Å²) in [6, 6.07) is 5.43. The highest BCUT2D eigenvalue weighted by molar-refractivity contribution is 5.97. The van der Waals surface area contributed by atoms with E-state index in [1.165, 1.54) is 0 Å². The molecule has 2 heterocycles. The summed E-state index contributed by atoms with van der Waals surface area (Å²) in [4.78, 5) is 29.0. The first-order valence-electron chi connectivity index (χ1n) is 12.1. The number of anilines is 3. The average Bonchev–Trinajstić information content (AvgIpc) is 2.73. The number of carbonyl (C=O) groups excluding carboxylic acids is 2. The number of aryl methyl sites for hydroxylation is 1.